The van der Waals surface area contributed by atoms with Gasteiger partial charge in [0.2, 0.25) is 0 Å². The van der Waals surface area contributed by atoms with Gasteiger partial charge in [0.15, 0.2) is 0 Å². The summed E-state index contributed by atoms with van der Waals surface area (Å²) < 4.78 is 7.00. The number of aryl methyl sites for hydroxylation is 1. The summed E-state index contributed by atoms with van der Waals surface area (Å²) in [7, 11) is 1.65. The SMILES string of the molecule is COc1cccc(-c2cc(N)n(-c3cccc(C)c3)n2)c1. The van der Waals surface area contributed by atoms with Gasteiger partial charge in [-0.3, -0.25) is 0 Å². The minimum absolute atomic E-state index is 0.610. The lowest BCUT2D eigenvalue weighted by molar-refractivity contribution is 0.415. The zero-order valence-corrected chi connectivity index (χ0v) is 12.1. The Hall–Kier alpha value is -2.75. The van der Waals surface area contributed by atoms with Crippen LogP contribution in [0.2, 0.25) is 0 Å². The summed E-state index contributed by atoms with van der Waals surface area (Å²) >= 11 is 0. The Morgan fingerprint density at radius 2 is 1.86 bits per heavy atom. The van der Waals surface area contributed by atoms with Gasteiger partial charge in [0.1, 0.15) is 11.6 Å². The fourth-order valence-corrected chi connectivity index (χ4v) is 2.29. The first-order chi connectivity index (χ1) is 10.2. The van der Waals surface area contributed by atoms with Gasteiger partial charge >= 0.3 is 0 Å². The number of methoxy groups -OCH3 is 1. The number of nitrogens with zero attached hydrogens (tertiary/aromatic N) is 2. The number of nitrogens with two attached hydrogens (primary N) is 1. The molecule has 0 aliphatic heterocycles. The zero-order valence-electron chi connectivity index (χ0n) is 12.1. The number of ether oxygens (including phenoxy) is 1. The van der Waals surface area contributed by atoms with Crippen molar-refractivity contribution in [3.05, 3.63) is 60.2 Å². The van der Waals surface area contributed by atoms with Crippen LogP contribution in [0.4, 0.5) is 5.82 Å². The third-order valence-electron chi connectivity index (χ3n) is 3.35. The molecule has 0 atom stereocenters. The van der Waals surface area contributed by atoms with Gasteiger partial charge in [-0.25, -0.2) is 4.68 Å². The standard InChI is InChI=1S/C17H17N3O/c1-12-5-3-7-14(9-12)20-17(18)11-16(19-20)13-6-4-8-15(10-13)21-2/h3-11H,18H2,1-2H3. The summed E-state index contributed by atoms with van der Waals surface area (Å²) in [5.41, 5.74) is 10.0. The predicted molar refractivity (Wildman–Crippen MR) is 84.7 cm³/mol. The van der Waals surface area contributed by atoms with Crippen LogP contribution in [0, 0.1) is 6.92 Å². The predicted octanol–water partition coefficient (Wildman–Crippen LogP) is 3.44. The monoisotopic (exact) mass is 279 g/mol. The smallest absolute Gasteiger partial charge is 0.127 e. The molecule has 0 bridgehead atoms. The van der Waals surface area contributed by atoms with Crippen LogP contribution in [0.25, 0.3) is 16.9 Å². The van der Waals surface area contributed by atoms with E-state index in [9.17, 15) is 0 Å². The maximum Gasteiger partial charge on any atom is 0.127 e. The highest BCUT2D eigenvalue weighted by atomic mass is 16.5. The van der Waals surface area contributed by atoms with Gasteiger partial charge in [0, 0.05) is 11.6 Å². The van der Waals surface area contributed by atoms with Crippen molar-refractivity contribution in [3.8, 4) is 22.7 Å². The van der Waals surface area contributed by atoms with Gasteiger partial charge in [-0.05, 0) is 36.8 Å². The Morgan fingerprint density at radius 1 is 1.05 bits per heavy atom. The molecule has 106 valence electrons. The van der Waals surface area contributed by atoms with Crippen LogP contribution in [0.1, 0.15) is 5.56 Å². The van der Waals surface area contributed by atoms with E-state index >= 15 is 0 Å². The second-order valence-corrected chi connectivity index (χ2v) is 4.94. The molecule has 3 rings (SSSR count). The first-order valence-corrected chi connectivity index (χ1v) is 6.74. The van der Waals surface area contributed by atoms with Crippen LogP contribution in [-0.4, -0.2) is 16.9 Å². The lowest BCUT2D eigenvalue weighted by Gasteiger charge is -2.04. The van der Waals surface area contributed by atoms with E-state index in [0.717, 1.165) is 22.7 Å². The Kier molecular flexibility index (Phi) is 3.36. The third kappa shape index (κ3) is 2.60. The van der Waals surface area contributed by atoms with Crippen LogP contribution in [0.15, 0.2) is 54.6 Å². The van der Waals surface area contributed by atoms with Gasteiger partial charge in [-0.15, -0.1) is 0 Å². The second-order valence-electron chi connectivity index (χ2n) is 4.94. The molecular weight excluding hydrogens is 262 g/mol. The molecule has 0 saturated heterocycles. The topological polar surface area (TPSA) is 53.1 Å². The molecular formula is C17H17N3O. The number of hydrogen-bond acceptors (Lipinski definition) is 3. The molecule has 3 aromatic rings. The van der Waals surface area contributed by atoms with Crippen molar-refractivity contribution in [3.63, 3.8) is 0 Å². The summed E-state index contributed by atoms with van der Waals surface area (Å²) in [5, 5.41) is 4.60. The molecule has 4 nitrogen and oxygen atoms in total. The molecule has 0 aliphatic rings. The first-order valence-electron chi connectivity index (χ1n) is 6.74. The number of anilines is 1. The van der Waals surface area contributed by atoms with E-state index in [1.54, 1.807) is 11.8 Å². The van der Waals surface area contributed by atoms with Crippen molar-refractivity contribution in [2.24, 2.45) is 0 Å². The van der Waals surface area contributed by atoms with Crippen LogP contribution in [-0.2, 0) is 0 Å². The van der Waals surface area contributed by atoms with Gasteiger partial charge < -0.3 is 10.5 Å². The Morgan fingerprint density at radius 3 is 2.62 bits per heavy atom. The minimum Gasteiger partial charge on any atom is -0.497 e. The normalized spacial score (nSPS) is 10.6. The lowest BCUT2D eigenvalue weighted by atomic mass is 10.1. The summed E-state index contributed by atoms with van der Waals surface area (Å²) in [6, 6.07) is 17.7. The molecule has 0 unspecified atom stereocenters. The third-order valence-corrected chi connectivity index (χ3v) is 3.35. The molecule has 0 radical (unpaired) electrons. The molecule has 4 heteroatoms. The Balaban J connectivity index is 2.05. The van der Waals surface area contributed by atoms with Crippen LogP contribution in [0.3, 0.4) is 0 Å². The van der Waals surface area contributed by atoms with Crippen LogP contribution >= 0.6 is 0 Å². The van der Waals surface area contributed by atoms with Crippen molar-refractivity contribution in [1.82, 2.24) is 9.78 Å². The molecule has 2 N–H and O–H groups in total. The molecule has 0 saturated carbocycles. The van der Waals surface area contributed by atoms with Crippen molar-refractivity contribution in [1.29, 1.82) is 0 Å². The number of rotatable bonds is 3. The number of nitrogen functional groups attached to an aromatic ring is 1. The fraction of sp³-hybridized carbons (Fsp3) is 0.118. The summed E-state index contributed by atoms with van der Waals surface area (Å²) in [4.78, 5) is 0. The lowest BCUT2D eigenvalue weighted by Crippen LogP contribution is -2.01. The molecule has 0 fully saturated rings. The Labute approximate surface area is 123 Å². The van der Waals surface area contributed by atoms with Gasteiger partial charge in [-0.2, -0.15) is 5.10 Å². The maximum atomic E-state index is 6.10. The fourth-order valence-electron chi connectivity index (χ4n) is 2.29. The quantitative estimate of drug-likeness (QED) is 0.799. The molecule has 0 aliphatic carbocycles. The number of benzene rings is 2. The van der Waals surface area contributed by atoms with Crippen molar-refractivity contribution >= 4 is 5.82 Å². The first kappa shape index (κ1) is 13.2. The average Bonchev–Trinajstić information content (AvgIpc) is 2.89. The van der Waals surface area contributed by atoms with Crippen molar-refractivity contribution in [2.45, 2.75) is 6.92 Å². The number of hydrogen-bond donors (Lipinski definition) is 1. The highest BCUT2D eigenvalue weighted by molar-refractivity contribution is 5.65. The van der Waals surface area contributed by atoms with Gasteiger partial charge in [-0.1, -0.05) is 24.3 Å². The van der Waals surface area contributed by atoms with E-state index in [2.05, 4.69) is 11.2 Å². The van der Waals surface area contributed by atoms with E-state index in [-0.39, 0.29) is 0 Å². The van der Waals surface area contributed by atoms with E-state index < -0.39 is 0 Å². The van der Waals surface area contributed by atoms with E-state index in [0.29, 0.717) is 5.82 Å². The Bertz CT molecular complexity index is 777. The minimum atomic E-state index is 0.610. The van der Waals surface area contributed by atoms with Gasteiger partial charge in [0.05, 0.1) is 18.5 Å². The molecule has 1 heterocycles. The zero-order chi connectivity index (χ0) is 14.8. The van der Waals surface area contributed by atoms with E-state index in [4.69, 9.17) is 10.5 Å². The van der Waals surface area contributed by atoms with Crippen molar-refractivity contribution < 1.29 is 4.74 Å². The van der Waals surface area contributed by atoms with Crippen molar-refractivity contribution in [2.75, 3.05) is 12.8 Å². The van der Waals surface area contributed by atoms with Crippen LogP contribution < -0.4 is 10.5 Å². The summed E-state index contributed by atoms with van der Waals surface area (Å²) in [6.07, 6.45) is 0. The molecule has 21 heavy (non-hydrogen) atoms. The summed E-state index contributed by atoms with van der Waals surface area (Å²) in [5.74, 6) is 1.41. The average molecular weight is 279 g/mol. The highest BCUT2D eigenvalue weighted by Gasteiger charge is 2.09. The number of aromatic nitrogens is 2. The molecule has 0 spiro atoms. The molecule has 2 aromatic carbocycles. The largest absolute Gasteiger partial charge is 0.497 e. The van der Waals surface area contributed by atoms with E-state index in [1.807, 2.05) is 55.5 Å². The maximum absolute atomic E-state index is 6.10. The van der Waals surface area contributed by atoms with E-state index in [1.165, 1.54) is 5.56 Å². The molecule has 0 amide bonds. The van der Waals surface area contributed by atoms with Crippen LogP contribution in [0.5, 0.6) is 5.75 Å². The summed E-state index contributed by atoms with van der Waals surface area (Å²) in [6.45, 7) is 2.05. The highest BCUT2D eigenvalue weighted by Crippen LogP contribution is 2.26. The second kappa shape index (κ2) is 5.32. The molecule has 1 aromatic heterocycles. The van der Waals surface area contributed by atoms with Gasteiger partial charge in [0.25, 0.3) is 0 Å².